The molecule has 0 atom stereocenters. The molecule has 0 aromatic heterocycles. The number of anilines is 1. The van der Waals surface area contributed by atoms with Crippen molar-refractivity contribution < 1.29 is 23.1 Å². The third kappa shape index (κ3) is 4.68. The van der Waals surface area contributed by atoms with E-state index in [1.54, 1.807) is 12.1 Å². The molecule has 1 rings (SSSR count). The van der Waals surface area contributed by atoms with Crippen molar-refractivity contribution in [1.82, 2.24) is 0 Å². The Bertz CT molecular complexity index is 583. The van der Waals surface area contributed by atoms with Gasteiger partial charge in [0.1, 0.15) is 5.75 Å². The Morgan fingerprint density at radius 1 is 1.26 bits per heavy atom. The highest BCUT2D eigenvalue weighted by atomic mass is 32.2. The molecule has 1 aromatic rings. The van der Waals surface area contributed by atoms with Gasteiger partial charge in [-0.3, -0.25) is 9.59 Å². The van der Waals surface area contributed by atoms with Crippen molar-refractivity contribution in [2.45, 2.75) is 0 Å². The predicted octanol–water partition coefficient (Wildman–Crippen LogP) is -0.869. The number of aliphatic hydroxyl groups is 1. The maximum Gasteiger partial charge on any atom is 0.250 e. The van der Waals surface area contributed by atoms with Crippen LogP contribution in [0.15, 0.2) is 24.3 Å². The third-order valence-corrected chi connectivity index (χ3v) is 3.73. The number of rotatable bonds is 6. The van der Waals surface area contributed by atoms with Crippen molar-refractivity contribution >= 4 is 27.3 Å². The van der Waals surface area contributed by atoms with Crippen LogP contribution in [0.4, 0.5) is 5.69 Å². The molecular formula is C11H14N2O5S. The summed E-state index contributed by atoms with van der Waals surface area (Å²) in [6.07, 6.45) is 0. The minimum atomic E-state index is -3.66. The summed E-state index contributed by atoms with van der Waals surface area (Å²) in [6.45, 7) is -0.548. The van der Waals surface area contributed by atoms with Gasteiger partial charge in [0.05, 0.1) is 23.6 Å². The molecule has 0 aliphatic rings. The molecule has 8 heteroatoms. The lowest BCUT2D eigenvalue weighted by Gasteiger charge is -2.08. The van der Waals surface area contributed by atoms with Gasteiger partial charge in [-0.25, -0.2) is 8.42 Å². The minimum Gasteiger partial charge on any atom is -0.395 e. The lowest BCUT2D eigenvalue weighted by Crippen LogP contribution is -2.27. The van der Waals surface area contributed by atoms with Crippen molar-refractivity contribution in [2.24, 2.45) is 5.73 Å². The van der Waals surface area contributed by atoms with Gasteiger partial charge in [0.15, 0.2) is 9.84 Å². The van der Waals surface area contributed by atoms with Crippen LogP contribution in [0.25, 0.3) is 0 Å². The van der Waals surface area contributed by atoms with Crippen LogP contribution in [0.5, 0.6) is 0 Å². The third-order valence-electron chi connectivity index (χ3n) is 2.22. The zero-order valence-corrected chi connectivity index (χ0v) is 10.8. The normalized spacial score (nSPS) is 11.0. The van der Waals surface area contributed by atoms with Crippen molar-refractivity contribution in [3.05, 3.63) is 29.8 Å². The molecule has 19 heavy (non-hydrogen) atoms. The summed E-state index contributed by atoms with van der Waals surface area (Å²) < 4.78 is 22.7. The number of sulfone groups is 1. The fraction of sp³-hybridized carbons (Fsp3) is 0.273. The molecule has 0 aliphatic heterocycles. The number of nitrogens with two attached hydrogens (primary N) is 1. The molecule has 1 aromatic carbocycles. The van der Waals surface area contributed by atoms with Gasteiger partial charge in [-0.2, -0.15) is 0 Å². The molecule has 0 radical (unpaired) electrons. The van der Waals surface area contributed by atoms with Crippen LogP contribution < -0.4 is 11.1 Å². The summed E-state index contributed by atoms with van der Waals surface area (Å²) in [6, 6.07) is 6.00. The highest BCUT2D eigenvalue weighted by Crippen LogP contribution is 2.14. The molecule has 0 unspecified atom stereocenters. The van der Waals surface area contributed by atoms with Crippen LogP contribution in [-0.4, -0.2) is 43.5 Å². The van der Waals surface area contributed by atoms with Gasteiger partial charge < -0.3 is 16.2 Å². The number of carbonyl (C=O) groups is 2. The van der Waals surface area contributed by atoms with Crippen LogP contribution in [0, 0.1) is 0 Å². The molecule has 104 valence electrons. The van der Waals surface area contributed by atoms with E-state index in [1.165, 1.54) is 12.1 Å². The summed E-state index contributed by atoms with van der Waals surface area (Å²) in [5.74, 6) is -2.77. The topological polar surface area (TPSA) is 127 Å². The van der Waals surface area contributed by atoms with E-state index in [9.17, 15) is 18.0 Å². The predicted molar refractivity (Wildman–Crippen MR) is 69.3 cm³/mol. The lowest BCUT2D eigenvalue weighted by atomic mass is 10.1. The van der Waals surface area contributed by atoms with Gasteiger partial charge in [-0.1, -0.05) is 12.1 Å². The fourth-order valence-corrected chi connectivity index (χ4v) is 2.30. The van der Waals surface area contributed by atoms with Gasteiger partial charge in [0, 0.05) is 0 Å². The molecule has 2 amide bonds. The molecule has 0 bridgehead atoms. The van der Waals surface area contributed by atoms with E-state index < -0.39 is 39.8 Å². The van der Waals surface area contributed by atoms with Gasteiger partial charge in [-0.05, 0) is 12.1 Å². The van der Waals surface area contributed by atoms with E-state index in [1.807, 2.05) is 0 Å². The number of benzene rings is 1. The van der Waals surface area contributed by atoms with E-state index in [4.69, 9.17) is 10.8 Å². The Morgan fingerprint density at radius 3 is 2.47 bits per heavy atom. The summed E-state index contributed by atoms with van der Waals surface area (Å²) in [4.78, 5) is 22.7. The maximum atomic E-state index is 11.6. The van der Waals surface area contributed by atoms with Crippen molar-refractivity contribution in [3.63, 3.8) is 0 Å². The summed E-state index contributed by atoms with van der Waals surface area (Å²) in [7, 11) is -3.66. The van der Waals surface area contributed by atoms with E-state index in [0.717, 1.165) is 0 Å². The first-order chi connectivity index (χ1) is 8.85. The summed E-state index contributed by atoms with van der Waals surface area (Å²) in [5.41, 5.74) is 5.37. The quantitative estimate of drug-likeness (QED) is 0.626. The van der Waals surface area contributed by atoms with Crippen LogP contribution in [-0.2, 0) is 14.6 Å². The first-order valence-electron chi connectivity index (χ1n) is 5.35. The minimum absolute atomic E-state index is 0.0930. The number of amides is 2. The smallest absolute Gasteiger partial charge is 0.250 e. The number of nitrogens with one attached hydrogen (secondary N) is 1. The highest BCUT2D eigenvalue weighted by Gasteiger charge is 2.17. The Balaban J connectivity index is 2.81. The largest absolute Gasteiger partial charge is 0.395 e. The second-order valence-electron chi connectivity index (χ2n) is 3.77. The molecule has 4 N–H and O–H groups in total. The van der Waals surface area contributed by atoms with E-state index >= 15 is 0 Å². The lowest BCUT2D eigenvalue weighted by molar-refractivity contribution is -0.113. The van der Waals surface area contributed by atoms with Crippen LogP contribution in [0.2, 0.25) is 0 Å². The van der Waals surface area contributed by atoms with E-state index in [2.05, 4.69) is 5.32 Å². The highest BCUT2D eigenvalue weighted by molar-refractivity contribution is 7.92. The van der Waals surface area contributed by atoms with Crippen molar-refractivity contribution in [1.29, 1.82) is 0 Å². The molecule has 0 saturated carbocycles. The van der Waals surface area contributed by atoms with Crippen molar-refractivity contribution in [3.8, 4) is 0 Å². The number of hydrogen-bond donors (Lipinski definition) is 3. The van der Waals surface area contributed by atoms with E-state index in [-0.39, 0.29) is 11.3 Å². The molecule has 0 heterocycles. The van der Waals surface area contributed by atoms with Crippen LogP contribution in [0.3, 0.4) is 0 Å². The SMILES string of the molecule is NC(=O)c1ccccc1NC(=O)CS(=O)(=O)CCO. The molecular weight excluding hydrogens is 272 g/mol. The Hall–Kier alpha value is -1.93. The zero-order valence-electron chi connectivity index (χ0n) is 10.00. The molecule has 0 saturated heterocycles. The number of para-hydroxylation sites is 1. The summed E-state index contributed by atoms with van der Waals surface area (Å²) >= 11 is 0. The van der Waals surface area contributed by atoms with Crippen LogP contribution >= 0.6 is 0 Å². The zero-order chi connectivity index (χ0) is 14.5. The monoisotopic (exact) mass is 286 g/mol. The number of hydrogen-bond acceptors (Lipinski definition) is 5. The second kappa shape index (κ2) is 6.30. The van der Waals surface area contributed by atoms with Gasteiger partial charge in [0.2, 0.25) is 5.91 Å². The molecule has 7 nitrogen and oxygen atoms in total. The van der Waals surface area contributed by atoms with Gasteiger partial charge in [-0.15, -0.1) is 0 Å². The number of carbonyl (C=O) groups excluding carboxylic acids is 2. The Morgan fingerprint density at radius 2 is 1.89 bits per heavy atom. The Labute approximate surface area is 110 Å². The average molecular weight is 286 g/mol. The van der Waals surface area contributed by atoms with Crippen LogP contribution in [0.1, 0.15) is 10.4 Å². The van der Waals surface area contributed by atoms with Gasteiger partial charge >= 0.3 is 0 Å². The summed E-state index contributed by atoms with van der Waals surface area (Å²) in [5, 5.41) is 10.9. The number of primary amides is 1. The fourth-order valence-electron chi connectivity index (χ4n) is 1.40. The molecule has 0 aliphatic carbocycles. The first-order valence-corrected chi connectivity index (χ1v) is 7.18. The maximum absolute atomic E-state index is 11.6. The van der Waals surface area contributed by atoms with Gasteiger partial charge in [0.25, 0.3) is 5.91 Å². The van der Waals surface area contributed by atoms with E-state index in [0.29, 0.717) is 0 Å². The first kappa shape index (κ1) is 15.1. The second-order valence-corrected chi connectivity index (χ2v) is 5.96. The number of aliphatic hydroxyl groups excluding tert-OH is 1. The standard InChI is InChI=1S/C11H14N2O5S/c12-11(16)8-3-1-2-4-9(8)13-10(15)7-19(17,18)6-5-14/h1-4,14H,5-7H2,(H2,12,16)(H,13,15). The Kier molecular flexibility index (Phi) is 5.02. The van der Waals surface area contributed by atoms with Crippen molar-refractivity contribution in [2.75, 3.05) is 23.4 Å². The molecule has 0 fully saturated rings. The molecule has 0 spiro atoms. The average Bonchev–Trinajstić information content (AvgIpc) is 2.28.